The third-order valence-electron chi connectivity index (χ3n) is 4.25. The fraction of sp³-hybridized carbons (Fsp3) is 0.316. The predicted octanol–water partition coefficient (Wildman–Crippen LogP) is 3.52. The quantitative estimate of drug-likeness (QED) is 0.871. The molecule has 1 unspecified atom stereocenters. The number of carbonyl (C=O) groups excluding carboxylic acids is 1. The fourth-order valence-electron chi connectivity index (χ4n) is 2.82. The van der Waals surface area contributed by atoms with Crippen LogP contribution in [0.4, 0.5) is 0 Å². The van der Waals surface area contributed by atoms with Gasteiger partial charge in [0.25, 0.3) is 5.91 Å². The number of likely N-dealkylation sites (tertiary alicyclic amines) is 1. The molecule has 126 valence electrons. The normalized spacial score (nSPS) is 16.7. The number of nitrogens with zero attached hydrogens (tertiary/aromatic N) is 1. The summed E-state index contributed by atoms with van der Waals surface area (Å²) in [7, 11) is 0. The molecule has 1 fully saturated rings. The van der Waals surface area contributed by atoms with Gasteiger partial charge in [0.1, 0.15) is 5.75 Å². The molecule has 5 heteroatoms. The van der Waals surface area contributed by atoms with Gasteiger partial charge < -0.3 is 15.4 Å². The lowest BCUT2D eigenvalue weighted by atomic mass is 10.0. The molecule has 1 saturated heterocycles. The lowest BCUT2D eigenvalue weighted by Crippen LogP contribution is -2.45. The molecule has 0 spiro atoms. The highest BCUT2D eigenvalue weighted by Gasteiger charge is 2.30. The maximum atomic E-state index is 13.0. The van der Waals surface area contributed by atoms with E-state index >= 15 is 0 Å². The van der Waals surface area contributed by atoms with E-state index in [1.54, 1.807) is 0 Å². The van der Waals surface area contributed by atoms with E-state index in [1.165, 1.54) is 0 Å². The largest absolute Gasteiger partial charge is 0.476 e. The van der Waals surface area contributed by atoms with Crippen LogP contribution in [0.1, 0.15) is 24.5 Å². The van der Waals surface area contributed by atoms with Gasteiger partial charge >= 0.3 is 0 Å². The lowest BCUT2D eigenvalue weighted by molar-refractivity contribution is -0.140. The number of halogens is 1. The maximum absolute atomic E-state index is 13.0. The van der Waals surface area contributed by atoms with Crippen molar-refractivity contribution < 1.29 is 9.53 Å². The number of amides is 1. The molecule has 0 aliphatic carbocycles. The molecule has 3 rings (SSSR count). The molecule has 1 aliphatic rings. The van der Waals surface area contributed by atoms with E-state index in [0.717, 1.165) is 22.9 Å². The molecule has 2 aromatic carbocycles. The standard InChI is InChI=1S/C19H21BrN2O2/c20-15-6-8-17(9-7-15)24-18(14-4-2-1-3-5-14)19(23)22-12-10-16(21)11-13-22/h1-9,16,18H,10-13,21H2. The highest BCUT2D eigenvalue weighted by Crippen LogP contribution is 2.26. The highest BCUT2D eigenvalue weighted by atomic mass is 79.9. The monoisotopic (exact) mass is 388 g/mol. The molecule has 0 bridgehead atoms. The first kappa shape index (κ1) is 17.0. The number of piperidine rings is 1. The van der Waals surface area contributed by atoms with Crippen LogP contribution in [0.15, 0.2) is 59.1 Å². The van der Waals surface area contributed by atoms with Crippen LogP contribution in [0.5, 0.6) is 5.75 Å². The van der Waals surface area contributed by atoms with E-state index in [9.17, 15) is 4.79 Å². The minimum absolute atomic E-state index is 0.00369. The van der Waals surface area contributed by atoms with Crippen molar-refractivity contribution in [3.63, 3.8) is 0 Å². The van der Waals surface area contributed by atoms with Gasteiger partial charge in [-0.05, 0) is 37.1 Å². The molecule has 2 N–H and O–H groups in total. The second-order valence-electron chi connectivity index (χ2n) is 6.03. The molecule has 0 radical (unpaired) electrons. The lowest BCUT2D eigenvalue weighted by Gasteiger charge is -2.33. The predicted molar refractivity (Wildman–Crippen MR) is 97.7 cm³/mol. The zero-order valence-electron chi connectivity index (χ0n) is 13.4. The van der Waals surface area contributed by atoms with Gasteiger partial charge in [0.05, 0.1) is 0 Å². The number of benzene rings is 2. The van der Waals surface area contributed by atoms with Crippen molar-refractivity contribution >= 4 is 21.8 Å². The molecule has 1 atom stereocenters. The van der Waals surface area contributed by atoms with Gasteiger partial charge in [-0.2, -0.15) is 0 Å². The molecule has 1 amide bonds. The Morgan fingerprint density at radius 3 is 2.33 bits per heavy atom. The van der Waals surface area contributed by atoms with Crippen LogP contribution in [0.2, 0.25) is 0 Å². The molecule has 24 heavy (non-hydrogen) atoms. The number of carbonyl (C=O) groups is 1. The Labute approximate surface area is 150 Å². The SMILES string of the molecule is NC1CCN(C(=O)C(Oc2ccc(Br)cc2)c2ccccc2)CC1. The molecule has 1 aliphatic heterocycles. The van der Waals surface area contributed by atoms with E-state index < -0.39 is 6.10 Å². The number of rotatable bonds is 4. The Balaban J connectivity index is 1.82. The van der Waals surface area contributed by atoms with Crippen molar-refractivity contribution in [2.75, 3.05) is 13.1 Å². The van der Waals surface area contributed by atoms with Crippen LogP contribution >= 0.6 is 15.9 Å². The summed E-state index contributed by atoms with van der Waals surface area (Å²) < 4.78 is 7.03. The molecule has 1 heterocycles. The fourth-order valence-corrected chi connectivity index (χ4v) is 3.09. The van der Waals surface area contributed by atoms with E-state index in [0.29, 0.717) is 18.8 Å². The van der Waals surface area contributed by atoms with Gasteiger partial charge in [-0.1, -0.05) is 46.3 Å². The molecule has 2 aromatic rings. The summed E-state index contributed by atoms with van der Waals surface area (Å²) in [4.78, 5) is 14.9. The van der Waals surface area contributed by atoms with E-state index in [2.05, 4.69) is 15.9 Å². The number of hydrogen-bond acceptors (Lipinski definition) is 3. The molecule has 4 nitrogen and oxygen atoms in total. The van der Waals surface area contributed by atoms with Crippen LogP contribution in [0.25, 0.3) is 0 Å². The summed E-state index contributed by atoms with van der Waals surface area (Å²) in [5.41, 5.74) is 6.81. The van der Waals surface area contributed by atoms with Gasteiger partial charge in [0.2, 0.25) is 6.10 Å². The molecule has 0 saturated carbocycles. The van der Waals surface area contributed by atoms with Crippen molar-refractivity contribution in [3.05, 3.63) is 64.6 Å². The topological polar surface area (TPSA) is 55.6 Å². The van der Waals surface area contributed by atoms with Crippen molar-refractivity contribution in [2.24, 2.45) is 5.73 Å². The zero-order chi connectivity index (χ0) is 16.9. The first-order valence-electron chi connectivity index (χ1n) is 8.15. The summed E-state index contributed by atoms with van der Waals surface area (Å²) >= 11 is 3.41. The minimum atomic E-state index is -0.637. The number of nitrogens with two attached hydrogens (primary N) is 1. The van der Waals surface area contributed by atoms with E-state index in [-0.39, 0.29) is 11.9 Å². The van der Waals surface area contributed by atoms with E-state index in [1.807, 2.05) is 59.5 Å². The molecule has 0 aromatic heterocycles. The first-order chi connectivity index (χ1) is 11.6. The minimum Gasteiger partial charge on any atom is -0.476 e. The van der Waals surface area contributed by atoms with Crippen LogP contribution < -0.4 is 10.5 Å². The third-order valence-corrected chi connectivity index (χ3v) is 4.77. The van der Waals surface area contributed by atoms with Gasteiger partial charge in [-0.3, -0.25) is 4.79 Å². The van der Waals surface area contributed by atoms with Crippen molar-refractivity contribution in [1.82, 2.24) is 4.90 Å². The summed E-state index contributed by atoms with van der Waals surface area (Å²) in [6, 6.07) is 17.4. The summed E-state index contributed by atoms with van der Waals surface area (Å²) in [5.74, 6) is 0.671. The smallest absolute Gasteiger partial charge is 0.268 e. The average molecular weight is 389 g/mol. The number of hydrogen-bond donors (Lipinski definition) is 1. The van der Waals surface area contributed by atoms with Gasteiger partial charge in [-0.15, -0.1) is 0 Å². The van der Waals surface area contributed by atoms with Gasteiger partial charge in [-0.25, -0.2) is 0 Å². The summed E-state index contributed by atoms with van der Waals surface area (Å²) in [6.07, 6.45) is 1.04. The van der Waals surface area contributed by atoms with Crippen LogP contribution in [0, 0.1) is 0 Å². The van der Waals surface area contributed by atoms with E-state index in [4.69, 9.17) is 10.5 Å². The molecular formula is C19H21BrN2O2. The van der Waals surface area contributed by atoms with Crippen LogP contribution in [-0.4, -0.2) is 29.9 Å². The second-order valence-corrected chi connectivity index (χ2v) is 6.94. The Bertz CT molecular complexity index is 668. The Morgan fingerprint density at radius 2 is 1.71 bits per heavy atom. The average Bonchev–Trinajstić information content (AvgIpc) is 2.62. The van der Waals surface area contributed by atoms with Gasteiger partial charge in [0, 0.05) is 29.2 Å². The number of ether oxygens (including phenoxy) is 1. The van der Waals surface area contributed by atoms with Crippen molar-refractivity contribution in [3.8, 4) is 5.75 Å². The Morgan fingerprint density at radius 1 is 1.08 bits per heavy atom. The molecular weight excluding hydrogens is 368 g/mol. The third kappa shape index (κ3) is 4.16. The van der Waals surface area contributed by atoms with Gasteiger partial charge in [0.15, 0.2) is 0 Å². The Kier molecular flexibility index (Phi) is 5.53. The second kappa shape index (κ2) is 7.81. The van der Waals surface area contributed by atoms with Crippen molar-refractivity contribution in [2.45, 2.75) is 25.0 Å². The Hall–Kier alpha value is -1.85. The summed E-state index contributed by atoms with van der Waals surface area (Å²) in [5, 5.41) is 0. The zero-order valence-corrected chi connectivity index (χ0v) is 15.0. The van der Waals surface area contributed by atoms with Crippen LogP contribution in [0.3, 0.4) is 0 Å². The highest BCUT2D eigenvalue weighted by molar-refractivity contribution is 9.10. The van der Waals surface area contributed by atoms with Crippen LogP contribution in [-0.2, 0) is 4.79 Å². The summed E-state index contributed by atoms with van der Waals surface area (Å²) in [6.45, 7) is 1.38. The maximum Gasteiger partial charge on any atom is 0.268 e. The first-order valence-corrected chi connectivity index (χ1v) is 8.94. The van der Waals surface area contributed by atoms with Crippen molar-refractivity contribution in [1.29, 1.82) is 0 Å².